The first-order chi connectivity index (χ1) is 21.0. The molecule has 2 heterocycles. The summed E-state index contributed by atoms with van der Waals surface area (Å²) < 4.78 is 22.2. The number of carbonyl (C=O) groups is 1. The predicted molar refractivity (Wildman–Crippen MR) is 150 cm³/mol. The molecule has 230 valence electrons. The van der Waals surface area contributed by atoms with Crippen LogP contribution in [0.2, 0.25) is 0 Å². The van der Waals surface area contributed by atoms with Crippen molar-refractivity contribution in [3.8, 4) is 45.8 Å². The number of phenolic OH excluding ortho intramolecular Hbond substituents is 5. The van der Waals surface area contributed by atoms with Crippen LogP contribution in [0.1, 0.15) is 5.56 Å². The fraction of sp³-hybridized carbons (Fsp3) is 0.200. The van der Waals surface area contributed by atoms with E-state index in [4.69, 9.17) is 18.6 Å². The Balaban J connectivity index is 1.44. The largest absolute Gasteiger partial charge is 0.508 e. The zero-order chi connectivity index (χ0) is 31.7. The zero-order valence-corrected chi connectivity index (χ0v) is 22.5. The van der Waals surface area contributed by atoms with Crippen LogP contribution in [0.3, 0.4) is 0 Å². The van der Waals surface area contributed by atoms with Gasteiger partial charge in [-0.1, -0.05) is 12.1 Å². The van der Waals surface area contributed by atoms with E-state index in [1.54, 1.807) is 0 Å². The van der Waals surface area contributed by atoms with Gasteiger partial charge in [-0.2, -0.15) is 0 Å². The number of aliphatic hydroxyl groups is 3. The van der Waals surface area contributed by atoms with Crippen LogP contribution in [-0.2, 0) is 14.3 Å². The fourth-order valence-electron chi connectivity index (χ4n) is 4.57. The molecule has 3 aromatic carbocycles. The lowest BCUT2D eigenvalue weighted by molar-refractivity contribution is -0.168. The molecule has 0 aliphatic carbocycles. The first kappa shape index (κ1) is 30.2. The second-order valence-corrected chi connectivity index (χ2v) is 9.78. The summed E-state index contributed by atoms with van der Waals surface area (Å²) in [4.78, 5) is 26.0. The number of rotatable bonds is 8. The van der Waals surface area contributed by atoms with Gasteiger partial charge in [0.15, 0.2) is 23.4 Å². The topological polar surface area (TPSA) is 237 Å². The van der Waals surface area contributed by atoms with Crippen LogP contribution in [0.4, 0.5) is 0 Å². The van der Waals surface area contributed by atoms with Gasteiger partial charge in [-0.3, -0.25) is 4.79 Å². The SMILES string of the molecule is O=C(/C=C/c1ccc(O)cc1)O[C@H](CO)[C@H]1O[C@@H](Oc2c(-c3ccc(O)c(O)c3)oc3cc(O)cc(O)c3c2=O)[C@H](O)[C@H]1O. The van der Waals surface area contributed by atoms with Crippen LogP contribution >= 0.6 is 0 Å². The van der Waals surface area contributed by atoms with Gasteiger partial charge in [-0.05, 0) is 42.0 Å². The number of esters is 1. The van der Waals surface area contributed by atoms with Crippen molar-refractivity contribution in [3.63, 3.8) is 0 Å². The normalized spacial score (nSPS) is 20.6. The minimum absolute atomic E-state index is 0.00991. The minimum atomic E-state index is -1.86. The highest BCUT2D eigenvalue weighted by Gasteiger charge is 2.49. The summed E-state index contributed by atoms with van der Waals surface area (Å²) in [6.45, 7) is -0.840. The molecule has 1 fully saturated rings. The first-order valence-corrected chi connectivity index (χ1v) is 13.0. The summed E-state index contributed by atoms with van der Waals surface area (Å²) >= 11 is 0. The van der Waals surface area contributed by atoms with Gasteiger partial charge in [0.2, 0.25) is 17.5 Å². The number of aromatic hydroxyl groups is 5. The molecule has 0 spiro atoms. The molecule has 0 amide bonds. The quantitative estimate of drug-likeness (QED) is 0.0801. The van der Waals surface area contributed by atoms with E-state index in [1.807, 2.05) is 0 Å². The van der Waals surface area contributed by atoms with E-state index in [2.05, 4.69) is 0 Å². The maximum atomic E-state index is 13.5. The van der Waals surface area contributed by atoms with E-state index in [0.29, 0.717) is 5.56 Å². The van der Waals surface area contributed by atoms with Crippen molar-refractivity contribution in [3.05, 3.63) is 76.5 Å². The van der Waals surface area contributed by atoms with Gasteiger partial charge in [0.1, 0.15) is 46.5 Å². The minimum Gasteiger partial charge on any atom is -0.508 e. The Morgan fingerprint density at radius 1 is 0.886 bits per heavy atom. The van der Waals surface area contributed by atoms with Crippen LogP contribution in [0.5, 0.6) is 34.5 Å². The van der Waals surface area contributed by atoms with Crippen LogP contribution in [0.25, 0.3) is 28.4 Å². The number of aliphatic hydroxyl groups excluding tert-OH is 3. The van der Waals surface area contributed by atoms with Crippen molar-refractivity contribution in [2.75, 3.05) is 6.61 Å². The smallest absolute Gasteiger partial charge is 0.331 e. The third kappa shape index (κ3) is 5.95. The molecular formula is C30H26O14. The van der Waals surface area contributed by atoms with Crippen LogP contribution in [-0.4, -0.2) is 84.1 Å². The third-order valence-corrected chi connectivity index (χ3v) is 6.76. The fourth-order valence-corrected chi connectivity index (χ4v) is 4.57. The van der Waals surface area contributed by atoms with Crippen molar-refractivity contribution in [2.24, 2.45) is 0 Å². The highest BCUT2D eigenvalue weighted by atomic mass is 16.7. The number of phenols is 5. The Hall–Kier alpha value is -5.28. The Morgan fingerprint density at radius 2 is 1.61 bits per heavy atom. The first-order valence-electron chi connectivity index (χ1n) is 13.0. The molecule has 0 bridgehead atoms. The lowest BCUT2D eigenvalue weighted by atomic mass is 10.1. The van der Waals surface area contributed by atoms with Crippen molar-refractivity contribution in [1.29, 1.82) is 0 Å². The molecule has 14 heteroatoms. The number of fused-ring (bicyclic) bond motifs is 1. The van der Waals surface area contributed by atoms with E-state index in [1.165, 1.54) is 36.4 Å². The van der Waals surface area contributed by atoms with E-state index in [9.17, 15) is 50.4 Å². The predicted octanol–water partition coefficient (Wildman–Crippen LogP) is 1.43. The highest BCUT2D eigenvalue weighted by molar-refractivity contribution is 5.88. The zero-order valence-electron chi connectivity index (χ0n) is 22.5. The van der Waals surface area contributed by atoms with E-state index < -0.39 is 82.8 Å². The van der Waals surface area contributed by atoms with Crippen molar-refractivity contribution in [2.45, 2.75) is 30.7 Å². The molecule has 1 saturated heterocycles. The summed E-state index contributed by atoms with van der Waals surface area (Å²) in [5.41, 5.74) is -0.732. The van der Waals surface area contributed by atoms with Crippen LogP contribution in [0.15, 0.2) is 69.9 Å². The number of carbonyl (C=O) groups excluding carboxylic acids is 1. The lowest BCUT2D eigenvalue weighted by Gasteiger charge is -2.23. The molecular weight excluding hydrogens is 584 g/mol. The van der Waals surface area contributed by atoms with Crippen molar-refractivity contribution >= 4 is 23.0 Å². The Kier molecular flexibility index (Phi) is 8.33. The molecule has 0 radical (unpaired) electrons. The molecule has 1 aliphatic rings. The molecule has 5 rings (SSSR count). The number of ether oxygens (including phenoxy) is 3. The maximum Gasteiger partial charge on any atom is 0.331 e. The average Bonchev–Trinajstić information content (AvgIpc) is 3.26. The maximum absolute atomic E-state index is 13.5. The summed E-state index contributed by atoms with van der Waals surface area (Å²) in [6.07, 6.45) is -6.08. The molecule has 44 heavy (non-hydrogen) atoms. The second kappa shape index (κ2) is 12.1. The lowest BCUT2D eigenvalue weighted by Crippen LogP contribution is -2.43. The van der Waals surface area contributed by atoms with Crippen molar-refractivity contribution in [1.82, 2.24) is 0 Å². The molecule has 4 aromatic rings. The standard InChI is InChI=1S/C30H26O14/c31-12-21(41-22(37)8-3-13-1-5-15(32)6-2-13)28-25(39)26(40)30(43-28)44-29-24(38)23-19(36)10-16(33)11-20(23)42-27(29)14-4-7-17(34)18(35)9-14/h1-11,21,25-26,28,30-36,39-40H,12H2/b8-3+/t21-,25-,26-,28-,30+/m1/s1. The molecule has 5 atom stereocenters. The monoisotopic (exact) mass is 610 g/mol. The summed E-state index contributed by atoms with van der Waals surface area (Å²) in [7, 11) is 0. The van der Waals surface area contributed by atoms with Crippen LogP contribution < -0.4 is 10.2 Å². The molecule has 0 unspecified atom stereocenters. The van der Waals surface area contributed by atoms with Gasteiger partial charge >= 0.3 is 5.97 Å². The molecule has 1 aliphatic heterocycles. The third-order valence-electron chi connectivity index (χ3n) is 6.76. The van der Waals surface area contributed by atoms with E-state index in [-0.39, 0.29) is 22.7 Å². The number of hydrogen-bond acceptors (Lipinski definition) is 14. The van der Waals surface area contributed by atoms with Gasteiger partial charge < -0.3 is 59.5 Å². The Morgan fingerprint density at radius 3 is 2.30 bits per heavy atom. The van der Waals surface area contributed by atoms with Gasteiger partial charge in [-0.15, -0.1) is 0 Å². The second-order valence-electron chi connectivity index (χ2n) is 9.78. The molecule has 0 saturated carbocycles. The highest BCUT2D eigenvalue weighted by Crippen LogP contribution is 2.39. The average molecular weight is 611 g/mol. The van der Waals surface area contributed by atoms with Gasteiger partial charge in [0.25, 0.3) is 0 Å². The summed E-state index contributed by atoms with van der Waals surface area (Å²) in [6, 6.07) is 11.2. The van der Waals surface area contributed by atoms with Crippen LogP contribution in [0, 0.1) is 0 Å². The molecule has 14 nitrogen and oxygen atoms in total. The summed E-state index contributed by atoms with van der Waals surface area (Å²) in [5.74, 6) is -4.12. The number of benzene rings is 3. The summed E-state index contributed by atoms with van der Waals surface area (Å²) in [5, 5.41) is 80.3. The van der Waals surface area contributed by atoms with Crippen molar-refractivity contribution < 1.29 is 64.3 Å². The number of hydrogen-bond donors (Lipinski definition) is 8. The molecule has 8 N–H and O–H groups in total. The van der Waals surface area contributed by atoms with Gasteiger partial charge in [0.05, 0.1) is 6.61 Å². The Bertz CT molecular complexity index is 1780. The van der Waals surface area contributed by atoms with E-state index >= 15 is 0 Å². The van der Waals surface area contributed by atoms with Gasteiger partial charge in [-0.25, -0.2) is 4.79 Å². The van der Waals surface area contributed by atoms with Gasteiger partial charge in [0, 0.05) is 23.8 Å². The van der Waals surface area contributed by atoms with E-state index in [0.717, 1.165) is 30.3 Å². The molecule has 1 aromatic heterocycles. The Labute approximate surface area is 247 Å².